The zero-order valence-electron chi connectivity index (χ0n) is 12.2. The first kappa shape index (κ1) is 15.0. The molecule has 1 aliphatic rings. The minimum Gasteiger partial charge on any atom is -0.383 e. The van der Waals surface area contributed by atoms with E-state index in [1.54, 1.807) is 27.3 Å². The Morgan fingerprint density at radius 1 is 1.50 bits per heavy atom. The van der Waals surface area contributed by atoms with Gasteiger partial charge in [-0.2, -0.15) is 4.98 Å². The first-order chi connectivity index (χ1) is 9.49. The number of nitrogens with zero attached hydrogens (tertiary/aromatic N) is 2. The van der Waals surface area contributed by atoms with Crippen LogP contribution in [-0.2, 0) is 14.2 Å². The average molecular weight is 283 g/mol. The van der Waals surface area contributed by atoms with Crippen LogP contribution in [0.3, 0.4) is 0 Å². The number of nitrogens with two attached hydrogens (primary N) is 1. The molecule has 4 atom stereocenters. The molecule has 1 saturated heterocycles. The standard InChI is InChI=1S/C13H21N3O4/c1-7-5-16(13(17)15-11(7)14)12-8(2)10(19-4)9(20-12)6-18-3/h5,8-10,12H,6H2,1-4H3,(H2,14,15,17). The predicted molar refractivity (Wildman–Crippen MR) is 73.4 cm³/mol. The molecule has 0 spiro atoms. The van der Waals surface area contributed by atoms with Gasteiger partial charge < -0.3 is 19.9 Å². The van der Waals surface area contributed by atoms with Gasteiger partial charge in [-0.25, -0.2) is 4.79 Å². The molecule has 1 aromatic heterocycles. The monoisotopic (exact) mass is 283 g/mol. The summed E-state index contributed by atoms with van der Waals surface area (Å²) in [4.78, 5) is 15.8. The van der Waals surface area contributed by atoms with Crippen molar-refractivity contribution in [2.24, 2.45) is 5.92 Å². The summed E-state index contributed by atoms with van der Waals surface area (Å²) < 4.78 is 18.0. The molecule has 0 saturated carbocycles. The van der Waals surface area contributed by atoms with E-state index in [1.807, 2.05) is 6.92 Å². The molecule has 0 amide bonds. The van der Waals surface area contributed by atoms with E-state index in [-0.39, 0.29) is 23.9 Å². The van der Waals surface area contributed by atoms with E-state index in [0.29, 0.717) is 6.61 Å². The van der Waals surface area contributed by atoms with Crippen LogP contribution in [0.15, 0.2) is 11.0 Å². The van der Waals surface area contributed by atoms with Crippen LogP contribution < -0.4 is 11.4 Å². The van der Waals surface area contributed by atoms with E-state index < -0.39 is 11.9 Å². The van der Waals surface area contributed by atoms with Gasteiger partial charge >= 0.3 is 5.69 Å². The second-order valence-electron chi connectivity index (χ2n) is 5.08. The predicted octanol–water partition coefficient (Wildman–Crippen LogP) is 0.329. The van der Waals surface area contributed by atoms with Crippen molar-refractivity contribution in [2.45, 2.75) is 32.3 Å². The van der Waals surface area contributed by atoms with Crippen LogP contribution in [0, 0.1) is 12.8 Å². The van der Waals surface area contributed by atoms with E-state index in [4.69, 9.17) is 19.9 Å². The Bertz CT molecular complexity index is 531. The van der Waals surface area contributed by atoms with Gasteiger partial charge in [0.15, 0.2) is 0 Å². The zero-order chi connectivity index (χ0) is 14.9. The zero-order valence-corrected chi connectivity index (χ0v) is 12.2. The van der Waals surface area contributed by atoms with Gasteiger partial charge in [-0.1, -0.05) is 6.92 Å². The number of methoxy groups -OCH3 is 2. The Morgan fingerprint density at radius 2 is 2.20 bits per heavy atom. The third-order valence-corrected chi connectivity index (χ3v) is 3.70. The molecule has 112 valence electrons. The van der Waals surface area contributed by atoms with Crippen molar-refractivity contribution >= 4 is 5.82 Å². The van der Waals surface area contributed by atoms with Gasteiger partial charge in [0.25, 0.3) is 0 Å². The number of aromatic nitrogens is 2. The quantitative estimate of drug-likeness (QED) is 0.856. The van der Waals surface area contributed by atoms with Crippen LogP contribution in [0.25, 0.3) is 0 Å². The lowest BCUT2D eigenvalue weighted by Gasteiger charge is -2.19. The van der Waals surface area contributed by atoms with Gasteiger partial charge in [0.1, 0.15) is 18.1 Å². The van der Waals surface area contributed by atoms with E-state index in [0.717, 1.165) is 5.56 Å². The molecule has 4 unspecified atom stereocenters. The van der Waals surface area contributed by atoms with E-state index in [2.05, 4.69) is 4.98 Å². The molecular weight excluding hydrogens is 262 g/mol. The number of anilines is 1. The Hall–Kier alpha value is -1.44. The fourth-order valence-electron chi connectivity index (χ4n) is 2.63. The molecule has 0 aliphatic carbocycles. The summed E-state index contributed by atoms with van der Waals surface area (Å²) in [6.07, 6.45) is 0.896. The number of rotatable bonds is 4. The molecule has 7 nitrogen and oxygen atoms in total. The first-order valence-corrected chi connectivity index (χ1v) is 6.52. The minimum absolute atomic E-state index is 0.00248. The molecule has 0 bridgehead atoms. The summed E-state index contributed by atoms with van der Waals surface area (Å²) in [5.41, 5.74) is 5.96. The molecule has 1 aliphatic heterocycles. The number of hydrogen-bond donors (Lipinski definition) is 1. The van der Waals surface area contributed by atoms with E-state index >= 15 is 0 Å². The topological polar surface area (TPSA) is 88.6 Å². The van der Waals surface area contributed by atoms with Gasteiger partial charge in [-0.3, -0.25) is 4.57 Å². The maximum Gasteiger partial charge on any atom is 0.351 e. The molecule has 0 aromatic carbocycles. The molecule has 2 heterocycles. The van der Waals surface area contributed by atoms with Crippen molar-refractivity contribution < 1.29 is 14.2 Å². The van der Waals surface area contributed by atoms with Crippen LogP contribution >= 0.6 is 0 Å². The maximum atomic E-state index is 12.0. The third-order valence-electron chi connectivity index (χ3n) is 3.70. The molecule has 2 N–H and O–H groups in total. The normalized spacial score (nSPS) is 29.8. The highest BCUT2D eigenvalue weighted by atomic mass is 16.6. The average Bonchev–Trinajstić information content (AvgIpc) is 2.71. The Labute approximate surface area is 117 Å². The summed E-state index contributed by atoms with van der Waals surface area (Å²) in [7, 11) is 3.24. The Kier molecular flexibility index (Phi) is 4.42. The number of ether oxygens (including phenoxy) is 3. The van der Waals surface area contributed by atoms with Crippen LogP contribution in [0.1, 0.15) is 18.7 Å². The first-order valence-electron chi connectivity index (χ1n) is 6.52. The summed E-state index contributed by atoms with van der Waals surface area (Å²) in [5, 5.41) is 0. The van der Waals surface area contributed by atoms with Gasteiger partial charge in [0.2, 0.25) is 0 Å². The van der Waals surface area contributed by atoms with Crippen molar-refractivity contribution in [3.63, 3.8) is 0 Å². The number of hydrogen-bond acceptors (Lipinski definition) is 6. The highest BCUT2D eigenvalue weighted by Gasteiger charge is 2.43. The van der Waals surface area contributed by atoms with Crippen molar-refractivity contribution in [1.82, 2.24) is 9.55 Å². The molecule has 1 fully saturated rings. The van der Waals surface area contributed by atoms with Crippen molar-refractivity contribution in [2.75, 3.05) is 26.6 Å². The summed E-state index contributed by atoms with van der Waals surface area (Å²) >= 11 is 0. The number of aryl methyl sites for hydroxylation is 1. The largest absolute Gasteiger partial charge is 0.383 e. The maximum absolute atomic E-state index is 12.0. The minimum atomic E-state index is -0.431. The molecular formula is C13H21N3O4. The van der Waals surface area contributed by atoms with Gasteiger partial charge in [-0.15, -0.1) is 0 Å². The Balaban J connectivity index is 2.34. The van der Waals surface area contributed by atoms with Gasteiger partial charge in [0, 0.05) is 31.9 Å². The lowest BCUT2D eigenvalue weighted by Crippen LogP contribution is -2.32. The second kappa shape index (κ2) is 5.90. The van der Waals surface area contributed by atoms with Crippen molar-refractivity contribution in [1.29, 1.82) is 0 Å². The SMILES string of the molecule is COCC1OC(n2cc(C)c(N)nc2=O)C(C)C1OC. The summed E-state index contributed by atoms with van der Waals surface area (Å²) in [6.45, 7) is 4.19. The number of nitrogen functional groups attached to an aromatic ring is 1. The lowest BCUT2D eigenvalue weighted by molar-refractivity contribution is -0.0622. The van der Waals surface area contributed by atoms with Gasteiger partial charge in [-0.05, 0) is 6.92 Å². The van der Waals surface area contributed by atoms with Crippen LogP contribution in [0.5, 0.6) is 0 Å². The Morgan fingerprint density at radius 3 is 2.80 bits per heavy atom. The fraction of sp³-hybridized carbons (Fsp3) is 0.692. The smallest absolute Gasteiger partial charge is 0.351 e. The molecule has 2 rings (SSSR count). The molecule has 7 heteroatoms. The van der Waals surface area contributed by atoms with E-state index in [1.165, 1.54) is 4.57 Å². The summed E-state index contributed by atoms with van der Waals surface area (Å²) in [6, 6.07) is 0. The van der Waals surface area contributed by atoms with Crippen molar-refractivity contribution in [3.05, 3.63) is 22.2 Å². The highest BCUT2D eigenvalue weighted by Crippen LogP contribution is 2.35. The fourth-order valence-corrected chi connectivity index (χ4v) is 2.63. The van der Waals surface area contributed by atoms with E-state index in [9.17, 15) is 4.79 Å². The highest BCUT2D eigenvalue weighted by molar-refractivity contribution is 5.35. The van der Waals surface area contributed by atoms with Gasteiger partial charge in [0.05, 0.1) is 12.7 Å². The summed E-state index contributed by atoms with van der Waals surface area (Å²) in [5.74, 6) is 0.247. The second-order valence-corrected chi connectivity index (χ2v) is 5.08. The molecule has 1 aromatic rings. The lowest BCUT2D eigenvalue weighted by atomic mass is 10.0. The molecule has 20 heavy (non-hydrogen) atoms. The third kappa shape index (κ3) is 2.56. The van der Waals surface area contributed by atoms with Crippen LogP contribution in [0.4, 0.5) is 5.82 Å². The van der Waals surface area contributed by atoms with Crippen molar-refractivity contribution in [3.8, 4) is 0 Å². The molecule has 0 radical (unpaired) electrons. The van der Waals surface area contributed by atoms with Crippen LogP contribution in [-0.4, -0.2) is 42.6 Å². The van der Waals surface area contributed by atoms with Crippen LogP contribution in [0.2, 0.25) is 0 Å².